The van der Waals surface area contributed by atoms with Crippen LogP contribution in [-0.2, 0) is 14.8 Å². The van der Waals surface area contributed by atoms with Crippen molar-refractivity contribution in [3.05, 3.63) is 65.7 Å². The van der Waals surface area contributed by atoms with Crippen molar-refractivity contribution in [1.29, 1.82) is 0 Å². The summed E-state index contributed by atoms with van der Waals surface area (Å²) in [6.45, 7) is 1.14. The first kappa shape index (κ1) is 18.8. The number of aliphatic hydroxyl groups excluding tert-OH is 1. The lowest BCUT2D eigenvalue weighted by molar-refractivity contribution is -0.123. The molecule has 0 radical (unpaired) electrons. The zero-order valence-electron chi connectivity index (χ0n) is 13.6. The van der Waals surface area contributed by atoms with Gasteiger partial charge in [-0.1, -0.05) is 48.0 Å². The van der Waals surface area contributed by atoms with Gasteiger partial charge in [-0.25, -0.2) is 13.8 Å². The smallest absolute Gasteiger partial charge is 0.260 e. The molecule has 0 unspecified atom stereocenters. The van der Waals surface area contributed by atoms with Gasteiger partial charge in [-0.3, -0.25) is 4.79 Å². The van der Waals surface area contributed by atoms with Crippen molar-refractivity contribution in [1.82, 2.24) is 10.1 Å². The minimum atomic E-state index is -3.93. The zero-order valence-corrected chi connectivity index (χ0v) is 14.4. The molecule has 7 nitrogen and oxygen atoms in total. The number of hydrazone groups is 1. The van der Waals surface area contributed by atoms with Gasteiger partial charge in [0.05, 0.1) is 17.7 Å². The Morgan fingerprint density at radius 2 is 1.80 bits per heavy atom. The molecule has 132 valence electrons. The van der Waals surface area contributed by atoms with Crippen LogP contribution in [0, 0.1) is 6.92 Å². The van der Waals surface area contributed by atoms with Crippen LogP contribution in [0.1, 0.15) is 11.1 Å². The van der Waals surface area contributed by atoms with Gasteiger partial charge in [0.1, 0.15) is 6.04 Å². The molecule has 0 fully saturated rings. The van der Waals surface area contributed by atoms with Crippen molar-refractivity contribution in [2.75, 3.05) is 6.61 Å². The molecule has 0 aliphatic rings. The Bertz CT molecular complexity index is 834. The summed E-state index contributed by atoms with van der Waals surface area (Å²) in [4.78, 5) is 12.0. The maximum atomic E-state index is 12.3. The molecular weight excluding hydrogens is 342 g/mol. The molecule has 0 spiro atoms. The summed E-state index contributed by atoms with van der Waals surface area (Å²) in [5.74, 6) is -0.759. The van der Waals surface area contributed by atoms with Gasteiger partial charge in [0.15, 0.2) is 0 Å². The number of amides is 1. The van der Waals surface area contributed by atoms with E-state index in [1.807, 2.05) is 25.1 Å². The van der Waals surface area contributed by atoms with Crippen molar-refractivity contribution < 1.29 is 18.3 Å². The van der Waals surface area contributed by atoms with Gasteiger partial charge in [-0.05, 0) is 24.6 Å². The van der Waals surface area contributed by atoms with Crippen molar-refractivity contribution >= 4 is 22.1 Å². The van der Waals surface area contributed by atoms with Crippen LogP contribution in [-0.4, -0.2) is 38.3 Å². The maximum absolute atomic E-state index is 12.3. The van der Waals surface area contributed by atoms with E-state index in [4.69, 9.17) is 0 Å². The van der Waals surface area contributed by atoms with Gasteiger partial charge in [0.2, 0.25) is 10.0 Å². The summed E-state index contributed by atoms with van der Waals surface area (Å²) in [7, 11) is -3.93. The number of aryl methyl sites for hydroxylation is 1. The van der Waals surface area contributed by atoms with Crippen LogP contribution in [0.2, 0.25) is 0 Å². The Morgan fingerprint density at radius 1 is 1.16 bits per heavy atom. The molecule has 1 atom stereocenters. The number of nitrogens with one attached hydrogen (secondary N) is 2. The van der Waals surface area contributed by atoms with Crippen molar-refractivity contribution in [2.24, 2.45) is 5.10 Å². The van der Waals surface area contributed by atoms with Crippen LogP contribution in [0.25, 0.3) is 0 Å². The van der Waals surface area contributed by atoms with Gasteiger partial charge in [-0.15, -0.1) is 0 Å². The molecule has 8 heteroatoms. The van der Waals surface area contributed by atoms with Gasteiger partial charge < -0.3 is 5.11 Å². The fraction of sp³-hybridized carbons (Fsp3) is 0.176. The van der Waals surface area contributed by atoms with E-state index in [2.05, 4.69) is 15.2 Å². The highest BCUT2D eigenvalue weighted by Crippen LogP contribution is 2.10. The Labute approximate surface area is 146 Å². The number of hydrogen-bond donors (Lipinski definition) is 3. The molecule has 0 heterocycles. The van der Waals surface area contributed by atoms with E-state index in [0.717, 1.165) is 11.1 Å². The lowest BCUT2D eigenvalue weighted by atomic mass is 10.2. The molecule has 2 aromatic rings. The Balaban J connectivity index is 2.02. The first-order valence-electron chi connectivity index (χ1n) is 7.50. The Kier molecular flexibility index (Phi) is 6.40. The summed E-state index contributed by atoms with van der Waals surface area (Å²) in [6, 6.07) is 13.9. The summed E-state index contributed by atoms with van der Waals surface area (Å²) >= 11 is 0. The number of carbonyl (C=O) groups is 1. The fourth-order valence-corrected chi connectivity index (χ4v) is 3.12. The minimum absolute atomic E-state index is 0.0112. The second-order valence-corrected chi connectivity index (χ2v) is 7.03. The molecule has 25 heavy (non-hydrogen) atoms. The molecule has 0 aromatic heterocycles. The third-order valence-electron chi connectivity index (χ3n) is 3.32. The number of aliphatic hydroxyl groups is 1. The Hall–Kier alpha value is -2.55. The Morgan fingerprint density at radius 3 is 2.40 bits per heavy atom. The van der Waals surface area contributed by atoms with Gasteiger partial charge in [-0.2, -0.15) is 9.82 Å². The molecule has 0 aliphatic carbocycles. The van der Waals surface area contributed by atoms with Gasteiger partial charge >= 0.3 is 0 Å². The van der Waals surface area contributed by atoms with E-state index in [-0.39, 0.29) is 4.90 Å². The average molecular weight is 361 g/mol. The largest absolute Gasteiger partial charge is 0.394 e. The van der Waals surface area contributed by atoms with E-state index in [1.165, 1.54) is 18.3 Å². The second-order valence-electron chi connectivity index (χ2n) is 5.31. The van der Waals surface area contributed by atoms with E-state index in [1.54, 1.807) is 24.3 Å². The summed E-state index contributed by atoms with van der Waals surface area (Å²) in [5, 5.41) is 13.1. The maximum Gasteiger partial charge on any atom is 0.260 e. The molecule has 0 saturated carbocycles. The lowest BCUT2D eigenvalue weighted by Crippen LogP contribution is -2.47. The van der Waals surface area contributed by atoms with E-state index >= 15 is 0 Å². The topological polar surface area (TPSA) is 108 Å². The zero-order chi connectivity index (χ0) is 18.3. The van der Waals surface area contributed by atoms with Gasteiger partial charge in [0, 0.05) is 0 Å². The number of nitrogens with zero attached hydrogens (tertiary/aromatic N) is 1. The lowest BCUT2D eigenvalue weighted by Gasteiger charge is -2.14. The van der Waals surface area contributed by atoms with E-state index in [0.29, 0.717) is 0 Å². The molecule has 0 saturated heterocycles. The van der Waals surface area contributed by atoms with Crippen LogP contribution >= 0.6 is 0 Å². The van der Waals surface area contributed by atoms with Crippen LogP contribution in [0.4, 0.5) is 0 Å². The third kappa shape index (κ3) is 5.49. The summed E-state index contributed by atoms with van der Waals surface area (Å²) < 4.78 is 26.7. The van der Waals surface area contributed by atoms with Crippen molar-refractivity contribution in [3.63, 3.8) is 0 Å². The van der Waals surface area contributed by atoms with Crippen LogP contribution in [0.5, 0.6) is 0 Å². The number of sulfonamides is 1. The molecular formula is C17H19N3O4S. The fourth-order valence-electron chi connectivity index (χ4n) is 1.93. The highest BCUT2D eigenvalue weighted by Gasteiger charge is 2.24. The van der Waals surface area contributed by atoms with Crippen LogP contribution in [0.3, 0.4) is 0 Å². The molecule has 0 bridgehead atoms. The SMILES string of the molecule is Cc1ccc(S(=O)(=O)N[C@@H](CO)C(=O)N/N=C/c2ccccc2)cc1. The highest BCUT2D eigenvalue weighted by atomic mass is 32.2. The molecule has 3 N–H and O–H groups in total. The summed E-state index contributed by atoms with van der Waals surface area (Å²) in [5.41, 5.74) is 3.88. The molecule has 0 aliphatic heterocycles. The second kappa shape index (κ2) is 8.52. The van der Waals surface area contributed by atoms with Crippen molar-refractivity contribution in [2.45, 2.75) is 17.9 Å². The number of rotatable bonds is 7. The van der Waals surface area contributed by atoms with Crippen molar-refractivity contribution in [3.8, 4) is 0 Å². The standard InChI is InChI=1S/C17H19N3O4S/c1-13-7-9-15(10-8-13)25(23,24)20-16(12-21)17(22)19-18-11-14-5-3-2-4-6-14/h2-11,16,20-21H,12H2,1H3,(H,19,22)/b18-11+/t16-/m0/s1. The number of carbonyl (C=O) groups excluding carboxylic acids is 1. The predicted octanol–water partition coefficient (Wildman–Crippen LogP) is 0.785. The van der Waals surface area contributed by atoms with Crippen LogP contribution < -0.4 is 10.1 Å². The first-order valence-corrected chi connectivity index (χ1v) is 8.98. The van der Waals surface area contributed by atoms with E-state index < -0.39 is 28.6 Å². The predicted molar refractivity (Wildman–Crippen MR) is 94.6 cm³/mol. The first-order chi connectivity index (χ1) is 11.9. The minimum Gasteiger partial charge on any atom is -0.394 e. The molecule has 2 rings (SSSR count). The van der Waals surface area contributed by atoms with E-state index in [9.17, 15) is 18.3 Å². The van der Waals surface area contributed by atoms with Gasteiger partial charge in [0.25, 0.3) is 5.91 Å². The normalized spacial score (nSPS) is 12.9. The number of benzene rings is 2. The molecule has 2 aromatic carbocycles. The monoisotopic (exact) mass is 361 g/mol. The summed E-state index contributed by atoms with van der Waals surface area (Å²) in [6.07, 6.45) is 1.42. The number of hydrogen-bond acceptors (Lipinski definition) is 5. The highest BCUT2D eigenvalue weighted by molar-refractivity contribution is 7.89. The quantitative estimate of drug-likeness (QED) is 0.500. The third-order valence-corrected chi connectivity index (χ3v) is 4.80. The van der Waals surface area contributed by atoms with Crippen LogP contribution in [0.15, 0.2) is 64.6 Å². The average Bonchev–Trinajstić information content (AvgIpc) is 2.61. The molecule has 1 amide bonds.